The maximum atomic E-state index is 6.51. The Morgan fingerprint density at radius 1 is 0.606 bits per heavy atom. The van der Waals surface area contributed by atoms with E-state index in [0.29, 0.717) is 0 Å². The first-order chi connectivity index (χ1) is 16.3. The number of hydrogen-bond acceptors (Lipinski definition) is 5. The van der Waals surface area contributed by atoms with Crippen molar-refractivity contribution >= 4 is 8.53 Å². The molecule has 0 fully saturated rings. The molecule has 4 aromatic carbocycles. The van der Waals surface area contributed by atoms with Gasteiger partial charge in [0.15, 0.2) is 0 Å². The third kappa shape index (κ3) is 2.49. The summed E-state index contributed by atoms with van der Waals surface area (Å²) in [6, 6.07) is 28.4. The van der Waals surface area contributed by atoms with Crippen LogP contribution in [0.3, 0.4) is 0 Å². The predicted molar refractivity (Wildman–Crippen MR) is 127 cm³/mol. The molecule has 0 saturated heterocycles. The molecular formula is C27H20NO4P. The molecule has 3 aliphatic rings. The second-order valence-electron chi connectivity index (χ2n) is 8.16. The fourth-order valence-electron chi connectivity index (χ4n) is 5.25. The monoisotopic (exact) mass is 453 g/mol. The lowest BCUT2D eigenvalue weighted by molar-refractivity contribution is 0.372. The van der Waals surface area contributed by atoms with E-state index in [1.54, 1.807) is 0 Å². The topological polar surface area (TPSA) is 49.0 Å². The van der Waals surface area contributed by atoms with E-state index >= 15 is 0 Å². The Hall–Kier alpha value is -3.53. The van der Waals surface area contributed by atoms with Gasteiger partial charge in [0.25, 0.3) is 0 Å². The molecule has 1 spiro atoms. The fourth-order valence-corrected chi connectivity index (χ4v) is 6.34. The number of hydrogen-bond donors (Lipinski definition) is 1. The third-order valence-electron chi connectivity index (χ3n) is 6.40. The summed E-state index contributed by atoms with van der Waals surface area (Å²) in [5, 5.41) is 3.35. The Bertz CT molecular complexity index is 1310. The number of para-hydroxylation sites is 2. The first-order valence-electron chi connectivity index (χ1n) is 11.0. The molecule has 0 atom stereocenters. The van der Waals surface area contributed by atoms with Crippen molar-refractivity contribution < 1.29 is 18.5 Å². The fraction of sp³-hybridized carbons (Fsp3) is 0.111. The van der Waals surface area contributed by atoms with Crippen LogP contribution in [0.15, 0.2) is 84.9 Å². The average Bonchev–Trinajstić information content (AvgIpc) is 2.83. The lowest BCUT2D eigenvalue weighted by Gasteiger charge is -2.46. The van der Waals surface area contributed by atoms with Crippen molar-refractivity contribution in [1.29, 1.82) is 0 Å². The van der Waals surface area contributed by atoms with Crippen LogP contribution >= 0.6 is 8.53 Å². The van der Waals surface area contributed by atoms with Gasteiger partial charge in [-0.25, -0.2) is 5.09 Å². The van der Waals surface area contributed by atoms with E-state index < -0.39 is 13.9 Å². The standard InChI is InChI=1S/C27H20NO4P/c1-2-28-33-31-23-15-7-13-21-25(23)27(17-9-3-5-11-19(17)29-21)18-10-4-6-12-20(18)30-22-14-8-16-24(32-33)26(22)27/h3-16,28H,2H2,1H3. The summed E-state index contributed by atoms with van der Waals surface area (Å²) in [7, 11) is -1.41. The van der Waals surface area contributed by atoms with Crippen molar-refractivity contribution in [3.05, 3.63) is 107 Å². The molecule has 0 unspecified atom stereocenters. The maximum absolute atomic E-state index is 6.51. The Morgan fingerprint density at radius 2 is 1.06 bits per heavy atom. The summed E-state index contributed by atoms with van der Waals surface area (Å²) in [4.78, 5) is 0. The molecule has 6 heteroatoms. The average molecular weight is 453 g/mol. The highest BCUT2D eigenvalue weighted by Crippen LogP contribution is 2.66. The van der Waals surface area contributed by atoms with Gasteiger partial charge in [-0.2, -0.15) is 0 Å². The van der Waals surface area contributed by atoms with Crippen LogP contribution < -0.4 is 23.6 Å². The van der Waals surface area contributed by atoms with Crippen LogP contribution in [0.2, 0.25) is 0 Å². The van der Waals surface area contributed by atoms with Gasteiger partial charge in [-0.3, -0.25) is 0 Å². The minimum atomic E-state index is -1.41. The molecule has 1 N–H and O–H groups in total. The molecule has 0 radical (unpaired) electrons. The number of ether oxygens (including phenoxy) is 2. The second-order valence-corrected chi connectivity index (χ2v) is 9.35. The minimum absolute atomic E-state index is 0.713. The zero-order valence-electron chi connectivity index (χ0n) is 17.9. The van der Waals surface area contributed by atoms with E-state index in [9.17, 15) is 0 Å². The van der Waals surface area contributed by atoms with E-state index in [4.69, 9.17) is 18.5 Å². The van der Waals surface area contributed by atoms with Gasteiger partial charge in [0.05, 0.1) is 16.5 Å². The lowest BCUT2D eigenvalue weighted by Crippen LogP contribution is -2.38. The molecule has 7 rings (SSSR count). The van der Waals surface area contributed by atoms with Gasteiger partial charge in [-0.1, -0.05) is 55.5 Å². The van der Waals surface area contributed by atoms with Crippen molar-refractivity contribution in [1.82, 2.24) is 5.09 Å². The summed E-state index contributed by atoms with van der Waals surface area (Å²) in [5.74, 6) is 4.66. The smallest absolute Gasteiger partial charge is 0.381 e. The summed E-state index contributed by atoms with van der Waals surface area (Å²) in [5.41, 5.74) is 3.31. The Balaban J connectivity index is 1.69. The molecule has 3 heterocycles. The normalized spacial score (nSPS) is 16.2. The number of benzene rings is 4. The van der Waals surface area contributed by atoms with Gasteiger partial charge in [-0.05, 0) is 36.4 Å². The first-order valence-corrected chi connectivity index (χ1v) is 12.2. The summed E-state index contributed by atoms with van der Waals surface area (Å²) in [6.45, 7) is 2.76. The van der Waals surface area contributed by atoms with Crippen LogP contribution in [-0.4, -0.2) is 6.54 Å². The van der Waals surface area contributed by atoms with Crippen LogP contribution in [0.4, 0.5) is 0 Å². The predicted octanol–water partition coefficient (Wildman–Crippen LogP) is 6.89. The van der Waals surface area contributed by atoms with Gasteiger partial charge in [-0.15, -0.1) is 0 Å². The van der Waals surface area contributed by atoms with Crippen molar-refractivity contribution in [2.45, 2.75) is 12.3 Å². The van der Waals surface area contributed by atoms with Crippen molar-refractivity contribution in [3.63, 3.8) is 0 Å². The van der Waals surface area contributed by atoms with Gasteiger partial charge in [0.1, 0.15) is 34.5 Å². The van der Waals surface area contributed by atoms with Gasteiger partial charge in [0, 0.05) is 17.7 Å². The number of fused-ring (bicyclic) bond motifs is 2. The zero-order valence-corrected chi connectivity index (χ0v) is 18.8. The maximum Gasteiger partial charge on any atom is 0.381 e. The minimum Gasteiger partial charge on any atom is -0.457 e. The van der Waals surface area contributed by atoms with Gasteiger partial charge < -0.3 is 18.5 Å². The Kier molecular flexibility index (Phi) is 4.02. The molecule has 33 heavy (non-hydrogen) atoms. The molecule has 0 saturated carbocycles. The highest BCUT2D eigenvalue weighted by molar-refractivity contribution is 7.45. The molecule has 0 amide bonds. The van der Waals surface area contributed by atoms with E-state index in [1.807, 2.05) is 67.6 Å². The van der Waals surface area contributed by atoms with Crippen LogP contribution in [0.5, 0.6) is 34.5 Å². The van der Waals surface area contributed by atoms with Gasteiger partial charge >= 0.3 is 8.53 Å². The molecule has 0 bridgehead atoms. The van der Waals surface area contributed by atoms with E-state index in [0.717, 1.165) is 63.3 Å². The molecule has 162 valence electrons. The quantitative estimate of drug-likeness (QED) is 0.289. The molecule has 4 aromatic rings. The Labute approximate surface area is 192 Å². The molecule has 0 aromatic heterocycles. The van der Waals surface area contributed by atoms with Crippen molar-refractivity contribution in [3.8, 4) is 34.5 Å². The second kappa shape index (κ2) is 6.98. The SMILES string of the molecule is CCNP1Oc2cccc3c2C2(c4ccccc4O3)c3ccccc3Oc3cccc(c32)O1. The van der Waals surface area contributed by atoms with E-state index in [2.05, 4.69) is 29.4 Å². The zero-order chi connectivity index (χ0) is 22.0. The summed E-state index contributed by atoms with van der Waals surface area (Å²) >= 11 is 0. The highest BCUT2D eigenvalue weighted by Gasteiger charge is 2.54. The largest absolute Gasteiger partial charge is 0.457 e. The summed E-state index contributed by atoms with van der Waals surface area (Å²) < 4.78 is 25.9. The molecular weight excluding hydrogens is 433 g/mol. The van der Waals surface area contributed by atoms with Crippen LogP contribution in [0.25, 0.3) is 0 Å². The molecule has 5 nitrogen and oxygen atoms in total. The lowest BCUT2D eigenvalue weighted by atomic mass is 9.62. The number of nitrogens with one attached hydrogen (secondary N) is 1. The van der Waals surface area contributed by atoms with E-state index in [1.165, 1.54) is 0 Å². The van der Waals surface area contributed by atoms with Crippen LogP contribution in [-0.2, 0) is 5.41 Å². The first kappa shape index (κ1) is 19.0. The molecule has 3 aliphatic heterocycles. The third-order valence-corrected chi connectivity index (χ3v) is 7.70. The van der Waals surface area contributed by atoms with Crippen molar-refractivity contribution in [2.75, 3.05) is 6.54 Å². The number of rotatable bonds is 2. The van der Waals surface area contributed by atoms with Gasteiger partial charge in [0.2, 0.25) is 0 Å². The van der Waals surface area contributed by atoms with Crippen LogP contribution in [0.1, 0.15) is 29.2 Å². The molecule has 0 aliphatic carbocycles. The van der Waals surface area contributed by atoms with E-state index in [-0.39, 0.29) is 0 Å². The van der Waals surface area contributed by atoms with Crippen molar-refractivity contribution in [2.24, 2.45) is 0 Å². The Morgan fingerprint density at radius 3 is 1.58 bits per heavy atom. The van der Waals surface area contributed by atoms with Crippen LogP contribution in [0, 0.1) is 0 Å². The summed E-state index contributed by atoms with van der Waals surface area (Å²) in [6.07, 6.45) is 0. The highest BCUT2D eigenvalue weighted by atomic mass is 31.2.